The molecule has 0 heterocycles. The van der Waals surface area contributed by atoms with Gasteiger partial charge in [0.05, 0.1) is 24.1 Å². The van der Waals surface area contributed by atoms with Crippen molar-refractivity contribution in [3.63, 3.8) is 0 Å². The third kappa shape index (κ3) is 5.57. The number of aryl methyl sites for hydroxylation is 2. The smallest absolute Gasteiger partial charge is 0.338 e. The molecule has 0 aliphatic rings. The van der Waals surface area contributed by atoms with E-state index in [0.717, 1.165) is 21.7 Å². The van der Waals surface area contributed by atoms with E-state index >= 15 is 0 Å². The maximum atomic E-state index is 12.9. The number of hydrogen-bond donors (Lipinski definition) is 1. The number of nitrogens with zero attached hydrogens (tertiary/aromatic N) is 1. The average molecular weight is 419 g/mol. The number of rotatable bonds is 7. The van der Waals surface area contributed by atoms with Crippen LogP contribution in [0.15, 0.2) is 42.5 Å². The number of amides is 1. The number of nitrogens with one attached hydrogen (secondary N) is 1. The first-order chi connectivity index (χ1) is 13.5. The predicted molar refractivity (Wildman–Crippen MR) is 114 cm³/mol. The summed E-state index contributed by atoms with van der Waals surface area (Å²) in [6.07, 6.45) is 1.06. The van der Waals surface area contributed by atoms with Crippen LogP contribution in [0.4, 0.5) is 11.4 Å². The lowest BCUT2D eigenvalue weighted by Crippen LogP contribution is -2.45. The number of hydrogen-bond acceptors (Lipinski definition) is 5. The molecule has 1 N–H and O–H groups in total. The topological polar surface area (TPSA) is 92.8 Å². The standard InChI is InChI=1S/C21H26N2O5S/c1-6-28-21(25)17-10-9-15(3)19(13-17)22-20(24)16(4)23(29(5,26)27)18-11-7-14(2)8-12-18/h7-13,16H,6H2,1-5H3,(H,22,24)/t16-/m0/s1. The van der Waals surface area contributed by atoms with Gasteiger partial charge in [0.2, 0.25) is 15.9 Å². The first-order valence-corrected chi connectivity index (χ1v) is 11.0. The van der Waals surface area contributed by atoms with Crippen LogP contribution >= 0.6 is 0 Å². The van der Waals surface area contributed by atoms with Crippen molar-refractivity contribution in [2.75, 3.05) is 22.5 Å². The fourth-order valence-electron chi connectivity index (χ4n) is 2.84. The Morgan fingerprint density at radius 1 is 1.10 bits per heavy atom. The number of esters is 1. The third-order valence-electron chi connectivity index (χ3n) is 4.38. The van der Waals surface area contributed by atoms with E-state index in [1.807, 2.05) is 6.92 Å². The molecule has 0 unspecified atom stereocenters. The van der Waals surface area contributed by atoms with Gasteiger partial charge in [-0.25, -0.2) is 13.2 Å². The molecule has 0 radical (unpaired) electrons. The molecule has 0 bridgehead atoms. The summed E-state index contributed by atoms with van der Waals surface area (Å²) < 4.78 is 30.8. The van der Waals surface area contributed by atoms with Crippen LogP contribution in [0.2, 0.25) is 0 Å². The quantitative estimate of drug-likeness (QED) is 0.697. The minimum atomic E-state index is -3.71. The van der Waals surface area contributed by atoms with Crippen LogP contribution in [-0.4, -0.2) is 39.2 Å². The van der Waals surface area contributed by atoms with E-state index in [4.69, 9.17) is 4.74 Å². The summed E-state index contributed by atoms with van der Waals surface area (Å²) in [6.45, 7) is 7.14. The summed E-state index contributed by atoms with van der Waals surface area (Å²) in [5.74, 6) is -1.01. The third-order valence-corrected chi connectivity index (χ3v) is 5.63. The van der Waals surface area contributed by atoms with Crippen molar-refractivity contribution in [3.05, 3.63) is 59.2 Å². The maximum Gasteiger partial charge on any atom is 0.338 e. The molecule has 8 heteroatoms. The SMILES string of the molecule is CCOC(=O)c1ccc(C)c(NC(=O)[C@H](C)N(c2ccc(C)cc2)S(C)(=O)=O)c1. The van der Waals surface area contributed by atoms with Crippen molar-refractivity contribution in [3.8, 4) is 0 Å². The highest BCUT2D eigenvalue weighted by Gasteiger charge is 2.29. The molecule has 2 aromatic carbocycles. The summed E-state index contributed by atoms with van der Waals surface area (Å²) in [7, 11) is -3.71. The number of ether oxygens (including phenoxy) is 1. The molecular formula is C21H26N2O5S. The van der Waals surface area contributed by atoms with Crippen molar-refractivity contribution < 1.29 is 22.7 Å². The highest BCUT2D eigenvalue weighted by molar-refractivity contribution is 7.92. The van der Waals surface area contributed by atoms with Gasteiger partial charge < -0.3 is 10.1 Å². The fraction of sp³-hybridized carbons (Fsp3) is 0.333. The molecule has 0 spiro atoms. The summed E-state index contributed by atoms with van der Waals surface area (Å²) in [5, 5.41) is 2.73. The lowest BCUT2D eigenvalue weighted by Gasteiger charge is -2.28. The average Bonchev–Trinajstić information content (AvgIpc) is 2.64. The van der Waals surface area contributed by atoms with Crippen LogP contribution in [0.1, 0.15) is 35.3 Å². The van der Waals surface area contributed by atoms with Crippen LogP contribution in [0.25, 0.3) is 0 Å². The fourth-order valence-corrected chi connectivity index (χ4v) is 4.01. The predicted octanol–water partition coefficient (Wildman–Crippen LogP) is 3.27. The van der Waals surface area contributed by atoms with Gasteiger partial charge in [0.1, 0.15) is 6.04 Å². The Morgan fingerprint density at radius 3 is 2.28 bits per heavy atom. The molecule has 156 valence electrons. The summed E-state index contributed by atoms with van der Waals surface area (Å²) in [6, 6.07) is 10.7. The Kier molecular flexibility index (Phi) is 7.02. The Labute approximate surface area is 171 Å². The number of carbonyl (C=O) groups is 2. The van der Waals surface area contributed by atoms with Gasteiger partial charge in [0, 0.05) is 5.69 Å². The zero-order chi connectivity index (χ0) is 21.8. The normalized spacial score (nSPS) is 12.2. The highest BCUT2D eigenvalue weighted by Crippen LogP contribution is 2.23. The van der Waals surface area contributed by atoms with Gasteiger partial charge in [-0.05, 0) is 57.5 Å². The van der Waals surface area contributed by atoms with Crippen LogP contribution in [0.5, 0.6) is 0 Å². The second kappa shape index (κ2) is 9.09. The summed E-state index contributed by atoms with van der Waals surface area (Å²) in [4.78, 5) is 24.8. The molecule has 2 aromatic rings. The Bertz CT molecular complexity index is 1000. The van der Waals surface area contributed by atoms with E-state index in [1.54, 1.807) is 50.2 Å². The van der Waals surface area contributed by atoms with Crippen LogP contribution in [0.3, 0.4) is 0 Å². The van der Waals surface area contributed by atoms with Gasteiger partial charge >= 0.3 is 5.97 Å². The number of carbonyl (C=O) groups excluding carboxylic acids is 2. The zero-order valence-electron chi connectivity index (χ0n) is 17.2. The van der Waals surface area contributed by atoms with E-state index in [2.05, 4.69) is 5.32 Å². The monoisotopic (exact) mass is 418 g/mol. The maximum absolute atomic E-state index is 12.9. The second-order valence-electron chi connectivity index (χ2n) is 6.81. The van der Waals surface area contributed by atoms with Gasteiger partial charge in [-0.2, -0.15) is 0 Å². The van der Waals surface area contributed by atoms with Gasteiger partial charge in [0.15, 0.2) is 0 Å². The Hall–Kier alpha value is -2.87. The van der Waals surface area contributed by atoms with Gasteiger partial charge in [-0.1, -0.05) is 23.8 Å². The van der Waals surface area contributed by atoms with Crippen molar-refractivity contribution in [1.29, 1.82) is 0 Å². The van der Waals surface area contributed by atoms with Gasteiger partial charge in [-0.3, -0.25) is 9.10 Å². The number of benzene rings is 2. The van der Waals surface area contributed by atoms with Crippen molar-refractivity contribution in [2.45, 2.75) is 33.7 Å². The molecule has 2 rings (SSSR count). The first-order valence-electron chi connectivity index (χ1n) is 9.19. The molecule has 0 aromatic heterocycles. The molecular weight excluding hydrogens is 392 g/mol. The van der Waals surface area contributed by atoms with Gasteiger partial charge in [0.25, 0.3) is 0 Å². The molecule has 0 saturated heterocycles. The van der Waals surface area contributed by atoms with Crippen molar-refractivity contribution >= 4 is 33.3 Å². The largest absolute Gasteiger partial charge is 0.462 e. The molecule has 0 aliphatic heterocycles. The minimum absolute atomic E-state index is 0.241. The molecule has 1 amide bonds. The molecule has 0 saturated carbocycles. The Balaban J connectivity index is 2.31. The minimum Gasteiger partial charge on any atom is -0.462 e. The van der Waals surface area contributed by atoms with E-state index < -0.39 is 27.9 Å². The number of sulfonamides is 1. The molecule has 29 heavy (non-hydrogen) atoms. The van der Waals surface area contributed by atoms with Crippen LogP contribution < -0.4 is 9.62 Å². The molecule has 0 aliphatic carbocycles. The van der Waals surface area contributed by atoms with Crippen molar-refractivity contribution in [1.82, 2.24) is 0 Å². The lowest BCUT2D eigenvalue weighted by molar-refractivity contribution is -0.116. The number of anilines is 2. The zero-order valence-corrected chi connectivity index (χ0v) is 18.0. The van der Waals surface area contributed by atoms with Crippen molar-refractivity contribution in [2.24, 2.45) is 0 Å². The van der Waals surface area contributed by atoms with E-state index in [-0.39, 0.29) is 6.61 Å². The highest BCUT2D eigenvalue weighted by atomic mass is 32.2. The summed E-state index contributed by atoms with van der Waals surface area (Å²) in [5.41, 5.74) is 2.84. The molecule has 7 nitrogen and oxygen atoms in total. The van der Waals surface area contributed by atoms with Crippen LogP contribution in [-0.2, 0) is 19.6 Å². The van der Waals surface area contributed by atoms with E-state index in [9.17, 15) is 18.0 Å². The second-order valence-corrected chi connectivity index (χ2v) is 8.67. The Morgan fingerprint density at radius 2 is 1.72 bits per heavy atom. The first kappa shape index (κ1) is 22.4. The van der Waals surface area contributed by atoms with E-state index in [1.165, 1.54) is 13.0 Å². The van der Waals surface area contributed by atoms with Crippen LogP contribution in [0, 0.1) is 13.8 Å². The molecule has 1 atom stereocenters. The molecule has 0 fully saturated rings. The summed E-state index contributed by atoms with van der Waals surface area (Å²) >= 11 is 0. The van der Waals surface area contributed by atoms with Gasteiger partial charge in [-0.15, -0.1) is 0 Å². The lowest BCUT2D eigenvalue weighted by atomic mass is 10.1. The van der Waals surface area contributed by atoms with E-state index in [0.29, 0.717) is 16.9 Å².